The third kappa shape index (κ3) is 3.04. The van der Waals surface area contributed by atoms with Crippen molar-refractivity contribution in [3.63, 3.8) is 0 Å². The van der Waals surface area contributed by atoms with Crippen molar-refractivity contribution in [2.24, 2.45) is 12.8 Å². The van der Waals surface area contributed by atoms with Gasteiger partial charge in [0.1, 0.15) is 12.4 Å². The molecule has 0 saturated heterocycles. The van der Waals surface area contributed by atoms with E-state index in [0.29, 0.717) is 13.2 Å². The molecular weight excluding hydrogens is 216 g/mol. The van der Waals surface area contributed by atoms with Gasteiger partial charge in [-0.25, -0.2) is 0 Å². The van der Waals surface area contributed by atoms with E-state index in [2.05, 4.69) is 10.2 Å². The van der Waals surface area contributed by atoms with E-state index in [1.807, 2.05) is 18.5 Å². The highest BCUT2D eigenvalue weighted by atomic mass is 16.5. The van der Waals surface area contributed by atoms with Crippen LogP contribution in [-0.4, -0.2) is 26.9 Å². The van der Waals surface area contributed by atoms with Gasteiger partial charge in [0.15, 0.2) is 5.82 Å². The molecule has 0 unspecified atom stereocenters. The molecule has 0 radical (unpaired) electrons. The fraction of sp³-hybridized carbons (Fsp3) is 0.833. The molecule has 1 aromatic rings. The summed E-state index contributed by atoms with van der Waals surface area (Å²) in [5.41, 5.74) is 6.18. The molecule has 2 N–H and O–H groups in total. The van der Waals surface area contributed by atoms with Crippen LogP contribution in [0.4, 0.5) is 0 Å². The first-order valence-corrected chi connectivity index (χ1v) is 6.32. The maximum Gasteiger partial charge on any atom is 0.158 e. The largest absolute Gasteiger partial charge is 0.372 e. The highest BCUT2D eigenvalue weighted by Gasteiger charge is 2.27. The Kier molecular flexibility index (Phi) is 3.79. The lowest BCUT2D eigenvalue weighted by Gasteiger charge is -2.32. The standard InChI is InChI=1S/C12H22N4O/c1-10-14-15-11(16(10)2)8-17-9-12(13)6-4-3-5-7-12/h3-9,13H2,1-2H3. The number of rotatable bonds is 4. The fourth-order valence-corrected chi connectivity index (χ4v) is 2.32. The normalized spacial score (nSPS) is 19.5. The summed E-state index contributed by atoms with van der Waals surface area (Å²) in [4.78, 5) is 0. The van der Waals surface area contributed by atoms with Crippen molar-refractivity contribution < 1.29 is 4.74 Å². The summed E-state index contributed by atoms with van der Waals surface area (Å²) < 4.78 is 7.66. The van der Waals surface area contributed by atoms with Crippen LogP contribution in [0.3, 0.4) is 0 Å². The Labute approximate surface area is 102 Å². The number of aryl methyl sites for hydroxylation is 1. The minimum absolute atomic E-state index is 0.119. The smallest absolute Gasteiger partial charge is 0.158 e. The quantitative estimate of drug-likeness (QED) is 0.858. The Bertz CT molecular complexity index is 369. The number of hydrogen-bond donors (Lipinski definition) is 1. The summed E-state index contributed by atoms with van der Waals surface area (Å²) >= 11 is 0. The van der Waals surface area contributed by atoms with Crippen molar-refractivity contribution in [3.8, 4) is 0 Å². The van der Waals surface area contributed by atoms with Crippen LogP contribution >= 0.6 is 0 Å². The number of nitrogens with two attached hydrogens (primary N) is 1. The molecule has 96 valence electrons. The van der Waals surface area contributed by atoms with Crippen molar-refractivity contribution in [2.45, 2.75) is 51.2 Å². The Hall–Kier alpha value is -0.940. The van der Waals surface area contributed by atoms with Crippen LogP contribution in [0.1, 0.15) is 43.8 Å². The number of aromatic nitrogens is 3. The maximum atomic E-state index is 6.30. The number of hydrogen-bond acceptors (Lipinski definition) is 4. The van der Waals surface area contributed by atoms with Gasteiger partial charge in [-0.05, 0) is 19.8 Å². The molecule has 0 spiro atoms. The Morgan fingerprint density at radius 2 is 2.00 bits per heavy atom. The predicted molar refractivity (Wildman–Crippen MR) is 65.4 cm³/mol. The van der Waals surface area contributed by atoms with Gasteiger partial charge in [0.05, 0.1) is 6.61 Å². The lowest BCUT2D eigenvalue weighted by molar-refractivity contribution is 0.0527. The van der Waals surface area contributed by atoms with Gasteiger partial charge in [0.2, 0.25) is 0 Å². The summed E-state index contributed by atoms with van der Waals surface area (Å²) in [6, 6.07) is 0. The summed E-state index contributed by atoms with van der Waals surface area (Å²) in [6.07, 6.45) is 5.91. The van der Waals surface area contributed by atoms with Crippen molar-refractivity contribution >= 4 is 0 Å². The zero-order valence-corrected chi connectivity index (χ0v) is 10.8. The van der Waals surface area contributed by atoms with E-state index >= 15 is 0 Å². The number of nitrogens with zero attached hydrogens (tertiary/aromatic N) is 3. The van der Waals surface area contributed by atoms with Gasteiger partial charge in [0, 0.05) is 12.6 Å². The van der Waals surface area contributed by atoms with Crippen LogP contribution in [0, 0.1) is 6.92 Å². The van der Waals surface area contributed by atoms with Gasteiger partial charge >= 0.3 is 0 Å². The third-order valence-corrected chi connectivity index (χ3v) is 3.65. The van der Waals surface area contributed by atoms with Crippen molar-refractivity contribution in [3.05, 3.63) is 11.6 Å². The molecule has 2 rings (SSSR count). The van der Waals surface area contributed by atoms with Crippen LogP contribution in [0.25, 0.3) is 0 Å². The summed E-state index contributed by atoms with van der Waals surface area (Å²) in [5.74, 6) is 1.77. The van der Waals surface area contributed by atoms with Crippen molar-refractivity contribution in [1.82, 2.24) is 14.8 Å². The van der Waals surface area contributed by atoms with Crippen LogP contribution in [0.2, 0.25) is 0 Å². The van der Waals surface area contributed by atoms with E-state index in [-0.39, 0.29) is 5.54 Å². The summed E-state index contributed by atoms with van der Waals surface area (Å²) in [7, 11) is 1.95. The predicted octanol–water partition coefficient (Wildman–Crippen LogP) is 1.30. The summed E-state index contributed by atoms with van der Waals surface area (Å²) in [5, 5.41) is 8.07. The number of ether oxygens (including phenoxy) is 1. The average Bonchev–Trinajstić information content (AvgIpc) is 2.62. The lowest BCUT2D eigenvalue weighted by Crippen LogP contribution is -2.46. The maximum absolute atomic E-state index is 6.30. The van der Waals surface area contributed by atoms with Crippen LogP contribution in [0.5, 0.6) is 0 Å². The van der Waals surface area contributed by atoms with Crippen LogP contribution < -0.4 is 5.73 Å². The minimum Gasteiger partial charge on any atom is -0.372 e. The minimum atomic E-state index is -0.119. The Morgan fingerprint density at radius 3 is 2.59 bits per heavy atom. The van der Waals surface area contributed by atoms with Gasteiger partial charge in [-0.2, -0.15) is 0 Å². The lowest BCUT2D eigenvalue weighted by atomic mass is 9.83. The Balaban J connectivity index is 1.81. The van der Waals surface area contributed by atoms with Crippen molar-refractivity contribution in [2.75, 3.05) is 6.61 Å². The van der Waals surface area contributed by atoms with Crippen molar-refractivity contribution in [1.29, 1.82) is 0 Å². The van der Waals surface area contributed by atoms with Crippen LogP contribution in [-0.2, 0) is 18.4 Å². The third-order valence-electron chi connectivity index (χ3n) is 3.65. The SMILES string of the molecule is Cc1nnc(COCC2(N)CCCCC2)n1C. The van der Waals surface area contributed by atoms with E-state index in [0.717, 1.165) is 24.5 Å². The fourth-order valence-electron chi connectivity index (χ4n) is 2.32. The second kappa shape index (κ2) is 5.14. The van der Waals surface area contributed by atoms with E-state index < -0.39 is 0 Å². The monoisotopic (exact) mass is 238 g/mol. The second-order valence-corrected chi connectivity index (χ2v) is 5.14. The van der Waals surface area contributed by atoms with Gasteiger partial charge in [0.25, 0.3) is 0 Å². The molecule has 1 fully saturated rings. The van der Waals surface area contributed by atoms with Gasteiger partial charge < -0.3 is 15.0 Å². The van der Waals surface area contributed by atoms with Gasteiger partial charge in [-0.15, -0.1) is 10.2 Å². The zero-order valence-electron chi connectivity index (χ0n) is 10.8. The van der Waals surface area contributed by atoms with E-state index in [4.69, 9.17) is 10.5 Å². The molecule has 0 aromatic carbocycles. The Morgan fingerprint density at radius 1 is 1.29 bits per heavy atom. The van der Waals surface area contributed by atoms with Gasteiger partial charge in [-0.3, -0.25) is 0 Å². The molecule has 1 aromatic heterocycles. The first kappa shape index (κ1) is 12.5. The van der Waals surface area contributed by atoms with E-state index in [1.165, 1.54) is 19.3 Å². The average molecular weight is 238 g/mol. The molecule has 5 nitrogen and oxygen atoms in total. The molecule has 0 bridgehead atoms. The molecule has 0 aliphatic heterocycles. The molecule has 1 saturated carbocycles. The molecule has 0 amide bonds. The molecule has 17 heavy (non-hydrogen) atoms. The van der Waals surface area contributed by atoms with E-state index in [9.17, 15) is 0 Å². The summed E-state index contributed by atoms with van der Waals surface area (Å²) in [6.45, 7) is 3.05. The molecule has 1 aliphatic rings. The first-order chi connectivity index (χ1) is 8.11. The second-order valence-electron chi connectivity index (χ2n) is 5.14. The zero-order chi connectivity index (χ0) is 12.3. The molecular formula is C12H22N4O. The highest BCUT2D eigenvalue weighted by Crippen LogP contribution is 2.26. The van der Waals surface area contributed by atoms with Crippen LogP contribution in [0.15, 0.2) is 0 Å². The first-order valence-electron chi connectivity index (χ1n) is 6.32. The molecule has 0 atom stereocenters. The van der Waals surface area contributed by atoms with Gasteiger partial charge in [-0.1, -0.05) is 19.3 Å². The highest BCUT2D eigenvalue weighted by molar-refractivity contribution is 4.91. The van der Waals surface area contributed by atoms with E-state index in [1.54, 1.807) is 0 Å². The molecule has 5 heteroatoms. The topological polar surface area (TPSA) is 66.0 Å². The molecule has 1 heterocycles. The molecule has 1 aliphatic carbocycles.